The van der Waals surface area contributed by atoms with Crippen molar-refractivity contribution < 1.29 is 24.9 Å². The van der Waals surface area contributed by atoms with Crippen LogP contribution < -0.4 is 4.90 Å². The normalized spacial score (nSPS) is 9.75. The van der Waals surface area contributed by atoms with Crippen LogP contribution in [0.3, 0.4) is 0 Å². The monoisotopic (exact) mass is 224 g/mol. The van der Waals surface area contributed by atoms with Gasteiger partial charge in [0.2, 0.25) is 5.75 Å². The summed E-state index contributed by atoms with van der Waals surface area (Å²) in [7, 11) is 0. The van der Waals surface area contributed by atoms with Crippen molar-refractivity contribution in [1.29, 1.82) is 0 Å². The number of para-hydroxylation sites is 2. The average Bonchev–Trinajstić information content (AvgIpc) is 2.15. The zero-order valence-electron chi connectivity index (χ0n) is 8.29. The second-order valence-corrected chi connectivity index (χ2v) is 3.11. The van der Waals surface area contributed by atoms with E-state index in [4.69, 9.17) is 10.2 Å². The van der Waals surface area contributed by atoms with Gasteiger partial charge in [-0.15, -0.1) is 0 Å². The molecule has 1 aromatic carbocycles. The van der Waals surface area contributed by atoms with Crippen molar-refractivity contribution in [3.8, 4) is 5.75 Å². The highest BCUT2D eigenvalue weighted by molar-refractivity contribution is 5.80. The second kappa shape index (κ2) is 5.01. The van der Waals surface area contributed by atoms with Gasteiger partial charge in [-0.3, -0.25) is 14.7 Å². The lowest BCUT2D eigenvalue weighted by Crippen LogP contribution is -2.34. The zero-order chi connectivity index (χ0) is 12.1. The van der Waals surface area contributed by atoms with Crippen LogP contribution in [-0.4, -0.2) is 35.2 Å². The fraction of sp³-hybridized carbons (Fsp3) is 0.200. The van der Waals surface area contributed by atoms with E-state index < -0.39 is 30.8 Å². The van der Waals surface area contributed by atoms with Crippen LogP contribution in [0, 0.1) is 0 Å². The van der Waals surface area contributed by atoms with Crippen LogP contribution in [0.15, 0.2) is 24.3 Å². The highest BCUT2D eigenvalue weighted by atomic mass is 16.4. The van der Waals surface area contributed by atoms with Gasteiger partial charge in [0.05, 0.1) is 5.69 Å². The van der Waals surface area contributed by atoms with Crippen LogP contribution >= 0.6 is 0 Å². The van der Waals surface area contributed by atoms with E-state index in [0.29, 0.717) is 0 Å². The number of carboxylic acids is 2. The molecule has 0 aliphatic heterocycles. The van der Waals surface area contributed by atoms with Crippen molar-refractivity contribution in [2.75, 3.05) is 18.0 Å². The van der Waals surface area contributed by atoms with Crippen molar-refractivity contribution in [3.63, 3.8) is 0 Å². The Bertz CT molecular complexity index is 388. The third-order valence-corrected chi connectivity index (χ3v) is 1.86. The van der Waals surface area contributed by atoms with Crippen LogP contribution in [-0.2, 0) is 14.7 Å². The highest BCUT2D eigenvalue weighted by Gasteiger charge is 2.17. The van der Waals surface area contributed by atoms with Gasteiger partial charge in [0, 0.05) is 0 Å². The lowest BCUT2D eigenvalue weighted by Gasteiger charge is -2.20. The topological polar surface area (TPSA) is 97.7 Å². The Morgan fingerprint density at radius 2 is 1.56 bits per heavy atom. The summed E-state index contributed by atoms with van der Waals surface area (Å²) < 4.78 is 0. The maximum atomic E-state index is 11.4. The predicted octanol–water partition coefficient (Wildman–Crippen LogP) is 0.806. The van der Waals surface area contributed by atoms with Crippen LogP contribution in [0.1, 0.15) is 0 Å². The summed E-state index contributed by atoms with van der Waals surface area (Å²) in [4.78, 5) is 22.1. The van der Waals surface area contributed by atoms with Gasteiger partial charge in [0.1, 0.15) is 13.1 Å². The molecule has 6 nitrogen and oxygen atoms in total. The summed E-state index contributed by atoms with van der Waals surface area (Å²) in [5, 5.41) is 28.6. The van der Waals surface area contributed by atoms with Crippen LogP contribution in [0.5, 0.6) is 5.75 Å². The van der Waals surface area contributed by atoms with E-state index in [-0.39, 0.29) is 5.69 Å². The molecule has 16 heavy (non-hydrogen) atoms. The number of anilines is 1. The number of benzene rings is 1. The molecule has 1 aromatic rings. The van der Waals surface area contributed by atoms with Gasteiger partial charge in [-0.25, -0.2) is 0 Å². The molecule has 0 aliphatic carbocycles. The van der Waals surface area contributed by atoms with Crippen LogP contribution in [0.25, 0.3) is 0 Å². The molecule has 0 saturated carbocycles. The number of aliphatic carboxylic acids is 2. The first-order chi connectivity index (χ1) is 7.50. The maximum Gasteiger partial charge on any atom is 0.323 e. The largest absolute Gasteiger partial charge is 0.480 e. The van der Waals surface area contributed by atoms with Gasteiger partial charge in [-0.05, 0) is 12.1 Å². The summed E-state index contributed by atoms with van der Waals surface area (Å²) in [5.41, 5.74) is 0.0762. The summed E-state index contributed by atoms with van der Waals surface area (Å²) in [5.74, 6) is -2.78. The van der Waals surface area contributed by atoms with Gasteiger partial charge >= 0.3 is 11.9 Å². The minimum Gasteiger partial charge on any atom is -0.480 e. The molecule has 2 N–H and O–H groups in total. The summed E-state index contributed by atoms with van der Waals surface area (Å²) in [6.45, 7) is -1.04. The minimum absolute atomic E-state index is 0.0762. The van der Waals surface area contributed by atoms with E-state index in [9.17, 15) is 14.7 Å². The van der Waals surface area contributed by atoms with Gasteiger partial charge < -0.3 is 15.1 Å². The Labute approximate surface area is 91.4 Å². The summed E-state index contributed by atoms with van der Waals surface area (Å²) >= 11 is 0. The van der Waals surface area contributed by atoms with E-state index in [1.807, 2.05) is 0 Å². The first-order valence-electron chi connectivity index (χ1n) is 4.45. The Hall–Kier alpha value is -2.24. The number of rotatable bonds is 5. The number of hydrogen-bond donors (Lipinski definition) is 2. The SMILES string of the molecule is [O]c1ccccc1N(CC(=O)O)CC(=O)O. The second-order valence-electron chi connectivity index (χ2n) is 3.11. The van der Waals surface area contributed by atoms with E-state index in [0.717, 1.165) is 4.90 Å². The van der Waals surface area contributed by atoms with Crippen molar-refractivity contribution in [2.45, 2.75) is 0 Å². The molecule has 0 heterocycles. The number of carbonyl (C=O) groups is 2. The number of carboxylic acid groups (broad SMARTS) is 2. The van der Waals surface area contributed by atoms with Crippen molar-refractivity contribution in [3.05, 3.63) is 24.3 Å². The Kier molecular flexibility index (Phi) is 3.71. The lowest BCUT2D eigenvalue weighted by atomic mass is 10.2. The molecule has 1 radical (unpaired) electrons. The Morgan fingerprint density at radius 3 is 2.00 bits per heavy atom. The molecular formula is C10H10NO5. The zero-order valence-corrected chi connectivity index (χ0v) is 8.29. The molecule has 0 amide bonds. The third kappa shape index (κ3) is 3.16. The smallest absolute Gasteiger partial charge is 0.323 e. The van der Waals surface area contributed by atoms with Gasteiger partial charge in [-0.1, -0.05) is 12.1 Å². The quantitative estimate of drug-likeness (QED) is 0.771. The molecule has 0 spiro atoms. The number of nitrogens with zero attached hydrogens (tertiary/aromatic N) is 1. The van der Waals surface area contributed by atoms with E-state index in [1.54, 1.807) is 6.07 Å². The average molecular weight is 224 g/mol. The Balaban J connectivity index is 2.96. The molecular weight excluding hydrogens is 214 g/mol. The Morgan fingerprint density at radius 1 is 1.06 bits per heavy atom. The maximum absolute atomic E-state index is 11.4. The highest BCUT2D eigenvalue weighted by Crippen LogP contribution is 2.26. The summed E-state index contributed by atoms with van der Waals surface area (Å²) in [6, 6.07) is 5.71. The molecule has 85 valence electrons. The van der Waals surface area contributed by atoms with E-state index >= 15 is 0 Å². The molecule has 0 saturated heterocycles. The van der Waals surface area contributed by atoms with Gasteiger partial charge in [0.15, 0.2) is 0 Å². The molecule has 0 atom stereocenters. The molecule has 0 unspecified atom stereocenters. The fourth-order valence-corrected chi connectivity index (χ4v) is 1.27. The van der Waals surface area contributed by atoms with Crippen molar-refractivity contribution in [1.82, 2.24) is 0 Å². The molecule has 6 heteroatoms. The van der Waals surface area contributed by atoms with Crippen LogP contribution in [0.2, 0.25) is 0 Å². The summed E-state index contributed by atoms with van der Waals surface area (Å²) in [6.07, 6.45) is 0. The first-order valence-corrected chi connectivity index (χ1v) is 4.45. The van der Waals surface area contributed by atoms with Gasteiger partial charge in [-0.2, -0.15) is 0 Å². The molecule has 0 bridgehead atoms. The van der Waals surface area contributed by atoms with Gasteiger partial charge in [0.25, 0.3) is 0 Å². The lowest BCUT2D eigenvalue weighted by molar-refractivity contribution is -0.136. The predicted molar refractivity (Wildman–Crippen MR) is 54.1 cm³/mol. The van der Waals surface area contributed by atoms with Crippen LogP contribution in [0.4, 0.5) is 5.69 Å². The molecule has 0 aliphatic rings. The third-order valence-electron chi connectivity index (χ3n) is 1.86. The minimum atomic E-state index is -1.19. The first kappa shape index (κ1) is 11.8. The number of hydrogen-bond acceptors (Lipinski definition) is 3. The van der Waals surface area contributed by atoms with Crippen molar-refractivity contribution >= 4 is 17.6 Å². The fourth-order valence-electron chi connectivity index (χ4n) is 1.27. The standard InChI is InChI=1S/C10H10NO5/c12-8-4-2-1-3-7(8)11(5-9(13)14)6-10(15)16/h1-4H,5-6H2,(H,13,14)(H,15,16). The van der Waals surface area contributed by atoms with E-state index in [1.165, 1.54) is 18.2 Å². The molecule has 1 rings (SSSR count). The van der Waals surface area contributed by atoms with Crippen molar-refractivity contribution in [2.24, 2.45) is 0 Å². The molecule has 0 aromatic heterocycles. The van der Waals surface area contributed by atoms with E-state index in [2.05, 4.69) is 0 Å². The molecule has 0 fully saturated rings.